The number of amides is 2. The predicted molar refractivity (Wildman–Crippen MR) is 89.9 cm³/mol. The molecule has 132 valence electrons. The third kappa shape index (κ3) is 2.45. The largest absolute Gasteiger partial charge is 0.459 e. The number of likely N-dealkylation sites (N-methyl/N-ethyl adjacent to an activating group) is 1. The van der Waals surface area contributed by atoms with Gasteiger partial charge in [-0.3, -0.25) is 14.3 Å². The topological polar surface area (TPSA) is 71.6 Å². The quantitative estimate of drug-likeness (QED) is 0.832. The molecule has 2 fully saturated rings. The van der Waals surface area contributed by atoms with Crippen LogP contribution in [0.4, 0.5) is 0 Å². The van der Waals surface area contributed by atoms with Gasteiger partial charge in [0.2, 0.25) is 5.91 Å². The van der Waals surface area contributed by atoms with Gasteiger partial charge in [0.05, 0.1) is 18.0 Å². The van der Waals surface area contributed by atoms with E-state index in [0.717, 1.165) is 18.4 Å². The highest BCUT2D eigenvalue weighted by atomic mass is 16.3. The van der Waals surface area contributed by atoms with Crippen LogP contribution in [0.5, 0.6) is 0 Å². The number of nitrogens with zero attached hydrogens (tertiary/aromatic N) is 4. The van der Waals surface area contributed by atoms with Crippen LogP contribution < -0.4 is 0 Å². The van der Waals surface area contributed by atoms with Crippen molar-refractivity contribution in [3.63, 3.8) is 0 Å². The first kappa shape index (κ1) is 15.9. The average molecular weight is 342 g/mol. The van der Waals surface area contributed by atoms with Crippen molar-refractivity contribution < 1.29 is 14.0 Å². The lowest BCUT2D eigenvalue weighted by Crippen LogP contribution is -2.55. The van der Waals surface area contributed by atoms with Crippen molar-refractivity contribution in [1.29, 1.82) is 0 Å². The van der Waals surface area contributed by atoms with Gasteiger partial charge in [-0.1, -0.05) is 0 Å². The summed E-state index contributed by atoms with van der Waals surface area (Å²) < 4.78 is 7.01. The van der Waals surface area contributed by atoms with Gasteiger partial charge in [-0.05, 0) is 30.5 Å². The zero-order valence-electron chi connectivity index (χ0n) is 14.5. The average Bonchev–Trinajstić information content (AvgIpc) is 3.33. The van der Waals surface area contributed by atoms with Gasteiger partial charge < -0.3 is 14.2 Å². The molecule has 0 saturated carbocycles. The summed E-state index contributed by atoms with van der Waals surface area (Å²) in [5.74, 6) is 0.583. The number of carbonyl (C=O) groups excluding carboxylic acids is 2. The Labute approximate surface area is 146 Å². The van der Waals surface area contributed by atoms with Crippen molar-refractivity contribution in [3.8, 4) is 0 Å². The first-order valence-corrected chi connectivity index (χ1v) is 8.59. The van der Waals surface area contributed by atoms with Gasteiger partial charge in [0.1, 0.15) is 0 Å². The molecule has 0 aliphatic carbocycles. The number of furan rings is 1. The van der Waals surface area contributed by atoms with Crippen LogP contribution in [0.1, 0.15) is 41.3 Å². The molecule has 25 heavy (non-hydrogen) atoms. The molecule has 2 aromatic heterocycles. The summed E-state index contributed by atoms with van der Waals surface area (Å²) in [5, 5.41) is 4.28. The second-order valence-corrected chi connectivity index (χ2v) is 7.03. The van der Waals surface area contributed by atoms with E-state index in [1.165, 1.54) is 6.26 Å². The fraction of sp³-hybridized carbons (Fsp3) is 0.500. The second kappa shape index (κ2) is 5.75. The van der Waals surface area contributed by atoms with Crippen LogP contribution in [0.15, 0.2) is 35.2 Å². The van der Waals surface area contributed by atoms with E-state index >= 15 is 0 Å². The number of aromatic nitrogens is 2. The van der Waals surface area contributed by atoms with Gasteiger partial charge in [-0.2, -0.15) is 5.10 Å². The summed E-state index contributed by atoms with van der Waals surface area (Å²) in [6, 6.07) is 3.41. The highest BCUT2D eigenvalue weighted by Gasteiger charge is 2.53. The van der Waals surface area contributed by atoms with Crippen LogP contribution in [0.3, 0.4) is 0 Å². The van der Waals surface area contributed by atoms with E-state index in [-0.39, 0.29) is 23.3 Å². The minimum atomic E-state index is -0.236. The fourth-order valence-corrected chi connectivity index (χ4v) is 4.37. The van der Waals surface area contributed by atoms with Crippen molar-refractivity contribution in [3.05, 3.63) is 42.1 Å². The Balaban J connectivity index is 1.56. The third-order valence-electron chi connectivity index (χ3n) is 5.85. The Bertz CT molecular complexity index is 787. The van der Waals surface area contributed by atoms with Gasteiger partial charge in [0.25, 0.3) is 5.91 Å². The number of likely N-dealkylation sites (tertiary alicyclic amines) is 2. The lowest BCUT2D eigenvalue weighted by atomic mass is 9.74. The number of hydrogen-bond donors (Lipinski definition) is 0. The maximum atomic E-state index is 12.5. The zero-order chi connectivity index (χ0) is 17.6. The number of rotatable bonds is 2. The Morgan fingerprint density at radius 3 is 2.68 bits per heavy atom. The maximum absolute atomic E-state index is 12.5. The van der Waals surface area contributed by atoms with E-state index in [1.807, 2.05) is 36.3 Å². The molecule has 2 aromatic rings. The third-order valence-corrected chi connectivity index (χ3v) is 5.85. The van der Waals surface area contributed by atoms with Crippen molar-refractivity contribution in [2.45, 2.75) is 30.7 Å². The molecule has 0 unspecified atom stereocenters. The Kier molecular flexibility index (Phi) is 3.67. The molecule has 1 spiro atoms. The lowest BCUT2D eigenvalue weighted by molar-refractivity contribution is -0.130. The molecule has 7 heteroatoms. The standard InChI is InChI=1S/C18H22N4O3/c1-20-12-13(11-19-20)14-10-16(23)21(2)18(14)5-7-22(8-6-18)17(24)15-4-3-9-25-15/h3-4,9,11-12,14H,5-8,10H2,1-2H3/t14-/m0/s1. The first-order chi connectivity index (χ1) is 12.0. The summed E-state index contributed by atoms with van der Waals surface area (Å²) in [6.45, 7) is 1.24. The highest BCUT2D eigenvalue weighted by Crippen LogP contribution is 2.48. The van der Waals surface area contributed by atoms with E-state index < -0.39 is 0 Å². The lowest BCUT2D eigenvalue weighted by Gasteiger charge is -2.46. The van der Waals surface area contributed by atoms with Gasteiger partial charge in [-0.25, -0.2) is 0 Å². The molecular weight excluding hydrogens is 320 g/mol. The molecule has 2 aliphatic rings. The molecule has 4 heterocycles. The SMILES string of the molecule is CN1C(=O)C[C@@H](c2cnn(C)c2)C12CCN(C(=O)c1ccco1)CC2. The van der Waals surface area contributed by atoms with Gasteiger partial charge in [0, 0.05) is 45.7 Å². The highest BCUT2D eigenvalue weighted by molar-refractivity contribution is 5.91. The van der Waals surface area contributed by atoms with Crippen LogP contribution in [-0.4, -0.2) is 57.1 Å². The van der Waals surface area contributed by atoms with Crippen LogP contribution in [0.2, 0.25) is 0 Å². The minimum Gasteiger partial charge on any atom is -0.459 e. The van der Waals surface area contributed by atoms with Gasteiger partial charge in [0.15, 0.2) is 5.76 Å². The molecule has 1 atom stereocenters. The van der Waals surface area contributed by atoms with Crippen LogP contribution in [0, 0.1) is 0 Å². The number of aryl methyl sites for hydroxylation is 1. The van der Waals surface area contributed by atoms with Crippen molar-refractivity contribution in [2.75, 3.05) is 20.1 Å². The van der Waals surface area contributed by atoms with Crippen LogP contribution in [0.25, 0.3) is 0 Å². The van der Waals surface area contributed by atoms with Crippen LogP contribution in [-0.2, 0) is 11.8 Å². The van der Waals surface area contributed by atoms with E-state index in [2.05, 4.69) is 5.10 Å². The molecule has 2 saturated heterocycles. The molecule has 7 nitrogen and oxygen atoms in total. The van der Waals surface area contributed by atoms with Crippen LogP contribution >= 0.6 is 0 Å². The molecule has 4 rings (SSSR count). The molecular formula is C18H22N4O3. The summed E-state index contributed by atoms with van der Waals surface area (Å²) in [4.78, 5) is 28.7. The number of carbonyl (C=O) groups is 2. The van der Waals surface area contributed by atoms with E-state index in [9.17, 15) is 9.59 Å². The normalized spacial score (nSPS) is 22.8. The Morgan fingerprint density at radius 2 is 2.08 bits per heavy atom. The van der Waals surface area contributed by atoms with E-state index in [1.54, 1.807) is 16.8 Å². The summed E-state index contributed by atoms with van der Waals surface area (Å²) in [7, 11) is 3.78. The fourth-order valence-electron chi connectivity index (χ4n) is 4.37. The maximum Gasteiger partial charge on any atom is 0.289 e. The second-order valence-electron chi connectivity index (χ2n) is 7.03. The summed E-state index contributed by atoms with van der Waals surface area (Å²) in [5.41, 5.74) is 0.867. The van der Waals surface area contributed by atoms with Crippen molar-refractivity contribution in [2.24, 2.45) is 7.05 Å². The molecule has 0 N–H and O–H groups in total. The monoisotopic (exact) mass is 342 g/mol. The van der Waals surface area contributed by atoms with E-state index in [0.29, 0.717) is 25.3 Å². The molecule has 0 bridgehead atoms. The zero-order valence-corrected chi connectivity index (χ0v) is 14.5. The smallest absolute Gasteiger partial charge is 0.289 e. The summed E-state index contributed by atoms with van der Waals surface area (Å²) >= 11 is 0. The molecule has 0 radical (unpaired) electrons. The van der Waals surface area contributed by atoms with Gasteiger partial charge >= 0.3 is 0 Å². The predicted octanol–water partition coefficient (Wildman–Crippen LogP) is 1.63. The van der Waals surface area contributed by atoms with E-state index in [4.69, 9.17) is 4.42 Å². The molecule has 2 amide bonds. The minimum absolute atomic E-state index is 0.0789. The van der Waals surface area contributed by atoms with Crippen molar-refractivity contribution >= 4 is 11.8 Å². The number of hydrogen-bond acceptors (Lipinski definition) is 4. The van der Waals surface area contributed by atoms with Gasteiger partial charge in [-0.15, -0.1) is 0 Å². The molecule has 0 aromatic carbocycles. The summed E-state index contributed by atoms with van der Waals surface area (Å²) in [6.07, 6.45) is 7.41. The Hall–Kier alpha value is -2.57. The Morgan fingerprint density at radius 1 is 1.32 bits per heavy atom. The molecule has 2 aliphatic heterocycles. The first-order valence-electron chi connectivity index (χ1n) is 8.59. The van der Waals surface area contributed by atoms with Crippen molar-refractivity contribution in [1.82, 2.24) is 19.6 Å². The number of piperidine rings is 1.